The summed E-state index contributed by atoms with van der Waals surface area (Å²) in [6, 6.07) is 14.1. The molecule has 3 aliphatic rings. The number of halogens is 1. The Bertz CT molecular complexity index is 909. The highest BCUT2D eigenvalue weighted by Crippen LogP contribution is 2.36. The summed E-state index contributed by atoms with van der Waals surface area (Å²) >= 11 is 5.97. The molecule has 5 nitrogen and oxygen atoms in total. The van der Waals surface area contributed by atoms with E-state index in [0.29, 0.717) is 17.9 Å². The van der Waals surface area contributed by atoms with E-state index in [-0.39, 0.29) is 11.7 Å². The summed E-state index contributed by atoms with van der Waals surface area (Å²) in [6.07, 6.45) is 4.31. The topological polar surface area (TPSA) is 42.0 Å². The molecule has 1 unspecified atom stereocenters. The SMILES string of the molecule is O=C(c1ccc(Cl)cc1)C1CCCN(C2CCN(c3ccc4c(c3)OCO4)CC2)C1. The lowest BCUT2D eigenvalue weighted by atomic mass is 9.88. The van der Waals surface area contributed by atoms with Crippen molar-refractivity contribution in [2.75, 3.05) is 37.9 Å². The minimum absolute atomic E-state index is 0.0896. The van der Waals surface area contributed by atoms with E-state index in [0.717, 1.165) is 68.9 Å². The van der Waals surface area contributed by atoms with Crippen LogP contribution < -0.4 is 14.4 Å². The molecule has 2 aromatic carbocycles. The molecule has 158 valence electrons. The number of fused-ring (bicyclic) bond motifs is 1. The number of nitrogens with zero attached hydrogens (tertiary/aromatic N) is 2. The number of likely N-dealkylation sites (tertiary alicyclic amines) is 1. The standard InChI is InChI=1S/C24H27ClN2O3/c25-19-5-3-17(4-6-19)24(28)18-2-1-11-27(15-18)20-9-12-26(13-10-20)21-7-8-22-23(14-21)30-16-29-22/h3-8,14,18,20H,1-2,9-13,15-16H2. The average molecular weight is 427 g/mol. The molecule has 0 radical (unpaired) electrons. The van der Waals surface area contributed by atoms with Crippen LogP contribution in [0.4, 0.5) is 5.69 Å². The average Bonchev–Trinajstić information content (AvgIpc) is 3.27. The fourth-order valence-electron chi connectivity index (χ4n) is 4.97. The van der Waals surface area contributed by atoms with Gasteiger partial charge in [-0.15, -0.1) is 0 Å². The predicted octanol–water partition coefficient (Wildman–Crippen LogP) is 4.63. The second kappa shape index (κ2) is 8.48. The molecule has 0 N–H and O–H groups in total. The molecule has 30 heavy (non-hydrogen) atoms. The number of anilines is 1. The number of hydrogen-bond acceptors (Lipinski definition) is 5. The summed E-state index contributed by atoms with van der Waals surface area (Å²) in [4.78, 5) is 18.0. The van der Waals surface area contributed by atoms with Gasteiger partial charge in [0.1, 0.15) is 0 Å². The lowest BCUT2D eigenvalue weighted by Crippen LogP contribution is -2.49. The first-order valence-electron chi connectivity index (χ1n) is 10.9. The van der Waals surface area contributed by atoms with Gasteiger partial charge in [0.2, 0.25) is 6.79 Å². The van der Waals surface area contributed by atoms with Crippen molar-refractivity contribution in [3.63, 3.8) is 0 Å². The largest absolute Gasteiger partial charge is 0.454 e. The predicted molar refractivity (Wildman–Crippen MR) is 118 cm³/mol. The molecule has 0 aromatic heterocycles. The zero-order valence-electron chi connectivity index (χ0n) is 17.1. The lowest BCUT2D eigenvalue weighted by molar-refractivity contribution is 0.0719. The van der Waals surface area contributed by atoms with Crippen LogP contribution in [-0.4, -0.2) is 49.7 Å². The van der Waals surface area contributed by atoms with Gasteiger partial charge in [-0.05, 0) is 68.6 Å². The second-order valence-corrected chi connectivity index (χ2v) is 8.90. The lowest BCUT2D eigenvalue weighted by Gasteiger charge is -2.42. The highest BCUT2D eigenvalue weighted by Gasteiger charge is 2.32. The number of ether oxygens (including phenoxy) is 2. The summed E-state index contributed by atoms with van der Waals surface area (Å²) in [5, 5.41) is 0.672. The number of rotatable bonds is 4. The van der Waals surface area contributed by atoms with E-state index in [1.165, 1.54) is 5.69 Å². The molecular weight excluding hydrogens is 400 g/mol. The molecule has 2 fully saturated rings. The third-order valence-electron chi connectivity index (χ3n) is 6.65. The van der Waals surface area contributed by atoms with Gasteiger partial charge in [-0.3, -0.25) is 9.69 Å². The fraction of sp³-hybridized carbons (Fsp3) is 0.458. The molecule has 2 aromatic rings. The molecule has 2 saturated heterocycles. The molecule has 3 heterocycles. The van der Waals surface area contributed by atoms with Gasteiger partial charge >= 0.3 is 0 Å². The second-order valence-electron chi connectivity index (χ2n) is 8.46. The number of piperidine rings is 2. The first kappa shape index (κ1) is 19.7. The van der Waals surface area contributed by atoms with Crippen LogP contribution in [-0.2, 0) is 0 Å². The molecule has 0 saturated carbocycles. The highest BCUT2D eigenvalue weighted by molar-refractivity contribution is 6.30. The Morgan fingerprint density at radius 1 is 0.933 bits per heavy atom. The maximum atomic E-state index is 13.0. The van der Waals surface area contributed by atoms with E-state index >= 15 is 0 Å². The zero-order valence-corrected chi connectivity index (χ0v) is 17.8. The minimum Gasteiger partial charge on any atom is -0.454 e. The van der Waals surface area contributed by atoms with Crippen molar-refractivity contribution in [3.8, 4) is 11.5 Å². The van der Waals surface area contributed by atoms with Crippen molar-refractivity contribution in [2.24, 2.45) is 5.92 Å². The van der Waals surface area contributed by atoms with E-state index in [4.69, 9.17) is 21.1 Å². The maximum Gasteiger partial charge on any atom is 0.231 e. The number of Topliss-reactive ketones (excluding diaryl/α,β-unsaturated/α-hetero) is 1. The van der Waals surface area contributed by atoms with E-state index in [2.05, 4.69) is 21.9 Å². The first-order valence-corrected chi connectivity index (χ1v) is 11.2. The number of ketones is 1. The summed E-state index contributed by atoms with van der Waals surface area (Å²) in [5.41, 5.74) is 1.98. The Labute approximate surface area is 182 Å². The van der Waals surface area contributed by atoms with Crippen LogP contribution in [0, 0.1) is 5.92 Å². The molecule has 1 atom stereocenters. The summed E-state index contributed by atoms with van der Waals surface area (Å²) < 4.78 is 10.9. The highest BCUT2D eigenvalue weighted by atomic mass is 35.5. The van der Waals surface area contributed by atoms with E-state index in [1.807, 2.05) is 18.2 Å². The van der Waals surface area contributed by atoms with E-state index in [1.54, 1.807) is 12.1 Å². The van der Waals surface area contributed by atoms with Crippen LogP contribution in [0.3, 0.4) is 0 Å². The van der Waals surface area contributed by atoms with Crippen molar-refractivity contribution < 1.29 is 14.3 Å². The third kappa shape index (κ3) is 4.01. The fourth-order valence-corrected chi connectivity index (χ4v) is 5.10. The van der Waals surface area contributed by atoms with Gasteiger partial charge in [-0.2, -0.15) is 0 Å². The van der Waals surface area contributed by atoms with Gasteiger partial charge in [0.15, 0.2) is 17.3 Å². The number of carbonyl (C=O) groups excluding carboxylic acids is 1. The van der Waals surface area contributed by atoms with Gasteiger partial charge in [0.25, 0.3) is 0 Å². The van der Waals surface area contributed by atoms with Gasteiger partial charge in [0.05, 0.1) is 0 Å². The van der Waals surface area contributed by atoms with Crippen molar-refractivity contribution in [3.05, 3.63) is 53.1 Å². The van der Waals surface area contributed by atoms with Gasteiger partial charge in [0, 0.05) is 53.9 Å². The van der Waals surface area contributed by atoms with Crippen LogP contribution in [0.15, 0.2) is 42.5 Å². The molecule has 5 rings (SSSR count). The molecule has 0 amide bonds. The molecule has 6 heteroatoms. The quantitative estimate of drug-likeness (QED) is 0.666. The Balaban J connectivity index is 1.19. The zero-order chi connectivity index (χ0) is 20.5. The summed E-state index contributed by atoms with van der Waals surface area (Å²) in [7, 11) is 0. The van der Waals surface area contributed by atoms with Crippen LogP contribution in [0.5, 0.6) is 11.5 Å². The van der Waals surface area contributed by atoms with Crippen LogP contribution in [0.25, 0.3) is 0 Å². The van der Waals surface area contributed by atoms with Gasteiger partial charge in [-0.25, -0.2) is 0 Å². The summed E-state index contributed by atoms with van der Waals surface area (Å²) in [5.74, 6) is 2.02. The first-order chi connectivity index (χ1) is 14.7. The Hall–Kier alpha value is -2.24. The van der Waals surface area contributed by atoms with E-state index < -0.39 is 0 Å². The molecular formula is C24H27ClN2O3. The molecule has 0 spiro atoms. The van der Waals surface area contributed by atoms with Crippen molar-refractivity contribution in [1.82, 2.24) is 4.90 Å². The van der Waals surface area contributed by atoms with Crippen LogP contribution >= 0.6 is 11.6 Å². The Morgan fingerprint density at radius 3 is 2.50 bits per heavy atom. The molecule has 3 aliphatic heterocycles. The maximum absolute atomic E-state index is 13.0. The number of benzene rings is 2. The minimum atomic E-state index is 0.0896. The monoisotopic (exact) mass is 426 g/mol. The normalized spacial score (nSPS) is 22.3. The third-order valence-corrected chi connectivity index (χ3v) is 6.91. The Kier molecular flexibility index (Phi) is 5.57. The van der Waals surface area contributed by atoms with Gasteiger partial charge in [-0.1, -0.05) is 11.6 Å². The van der Waals surface area contributed by atoms with Crippen LogP contribution in [0.1, 0.15) is 36.0 Å². The molecule has 0 bridgehead atoms. The number of carbonyl (C=O) groups is 1. The van der Waals surface area contributed by atoms with Crippen molar-refractivity contribution in [2.45, 2.75) is 31.7 Å². The summed E-state index contributed by atoms with van der Waals surface area (Å²) in [6.45, 7) is 4.33. The van der Waals surface area contributed by atoms with Crippen LogP contribution in [0.2, 0.25) is 5.02 Å². The smallest absolute Gasteiger partial charge is 0.231 e. The van der Waals surface area contributed by atoms with Crippen molar-refractivity contribution in [1.29, 1.82) is 0 Å². The van der Waals surface area contributed by atoms with Gasteiger partial charge < -0.3 is 14.4 Å². The molecule has 0 aliphatic carbocycles. The number of hydrogen-bond donors (Lipinski definition) is 0. The Morgan fingerprint density at radius 2 is 1.70 bits per heavy atom. The van der Waals surface area contributed by atoms with Crippen molar-refractivity contribution >= 4 is 23.1 Å². The van der Waals surface area contributed by atoms with E-state index in [9.17, 15) is 4.79 Å².